The maximum atomic E-state index is 13.1. The first-order valence-corrected chi connectivity index (χ1v) is 5.43. The lowest BCUT2D eigenvalue weighted by molar-refractivity contribution is 0.0988. The highest BCUT2D eigenvalue weighted by Crippen LogP contribution is 2.30. The third-order valence-electron chi connectivity index (χ3n) is 2.15. The molecule has 1 aromatic heterocycles. The lowest BCUT2D eigenvalue weighted by Gasteiger charge is -2.00. The number of benzene rings is 1. The van der Waals surface area contributed by atoms with Gasteiger partial charge in [0.25, 0.3) is 0 Å². The van der Waals surface area contributed by atoms with Gasteiger partial charge in [0.15, 0.2) is 11.5 Å². The highest BCUT2D eigenvalue weighted by Gasteiger charge is 2.11. The predicted molar refractivity (Wildman–Crippen MR) is 61.8 cm³/mol. The average Bonchev–Trinajstić information content (AvgIpc) is 2.70. The van der Waals surface area contributed by atoms with Gasteiger partial charge in [-0.3, -0.25) is 4.79 Å². The van der Waals surface area contributed by atoms with Crippen LogP contribution in [0.15, 0.2) is 39.2 Å². The summed E-state index contributed by atoms with van der Waals surface area (Å²) in [4.78, 5) is 11.1. The Hall–Kier alpha value is -1.42. The summed E-state index contributed by atoms with van der Waals surface area (Å²) in [5.41, 5.74) is 0.590. The van der Waals surface area contributed by atoms with E-state index >= 15 is 0 Å². The molecule has 0 radical (unpaired) electrons. The Balaban J connectivity index is 2.50. The van der Waals surface area contributed by atoms with Gasteiger partial charge in [-0.1, -0.05) is 15.9 Å². The zero-order chi connectivity index (χ0) is 11.7. The predicted octanol–water partition coefficient (Wildman–Crippen LogP) is 4.05. The van der Waals surface area contributed by atoms with Crippen molar-refractivity contribution in [3.05, 3.63) is 46.4 Å². The van der Waals surface area contributed by atoms with Crippen molar-refractivity contribution in [2.75, 3.05) is 0 Å². The molecule has 0 aliphatic carbocycles. The SMILES string of the molecule is CC(=O)c1ccc(-c2cc(F)ccc2Br)o1. The van der Waals surface area contributed by atoms with Gasteiger partial charge < -0.3 is 4.42 Å². The molecule has 0 aliphatic heterocycles. The molecule has 0 atom stereocenters. The zero-order valence-corrected chi connectivity index (χ0v) is 10.0. The smallest absolute Gasteiger partial charge is 0.194 e. The van der Waals surface area contributed by atoms with Crippen LogP contribution in [0.3, 0.4) is 0 Å². The molecular formula is C12H8BrFO2. The molecule has 0 saturated heterocycles. The Morgan fingerprint density at radius 2 is 2.06 bits per heavy atom. The number of hydrogen-bond donors (Lipinski definition) is 0. The van der Waals surface area contributed by atoms with Crippen LogP contribution in [0, 0.1) is 5.82 Å². The topological polar surface area (TPSA) is 30.2 Å². The summed E-state index contributed by atoms with van der Waals surface area (Å²) in [6.45, 7) is 1.42. The van der Waals surface area contributed by atoms with E-state index in [-0.39, 0.29) is 17.4 Å². The van der Waals surface area contributed by atoms with Crippen LogP contribution in [0.4, 0.5) is 4.39 Å². The third kappa shape index (κ3) is 2.07. The first-order chi connectivity index (χ1) is 7.58. The summed E-state index contributed by atoms with van der Waals surface area (Å²) >= 11 is 3.30. The maximum absolute atomic E-state index is 13.1. The monoisotopic (exact) mass is 282 g/mol. The number of Topliss-reactive ketones (excluding diaryl/α,β-unsaturated/α-hetero) is 1. The second kappa shape index (κ2) is 4.22. The van der Waals surface area contributed by atoms with Gasteiger partial charge in [0, 0.05) is 17.0 Å². The van der Waals surface area contributed by atoms with E-state index in [0.717, 1.165) is 4.47 Å². The Morgan fingerprint density at radius 3 is 2.69 bits per heavy atom. The fourth-order valence-corrected chi connectivity index (χ4v) is 1.80. The number of carbonyl (C=O) groups excluding carboxylic acids is 1. The van der Waals surface area contributed by atoms with Crippen molar-refractivity contribution >= 4 is 21.7 Å². The van der Waals surface area contributed by atoms with Gasteiger partial charge in [0.1, 0.15) is 11.6 Å². The van der Waals surface area contributed by atoms with Crippen LogP contribution in [-0.4, -0.2) is 5.78 Å². The van der Waals surface area contributed by atoms with Crippen molar-refractivity contribution in [1.29, 1.82) is 0 Å². The summed E-state index contributed by atoms with van der Waals surface area (Å²) in [5.74, 6) is 0.237. The van der Waals surface area contributed by atoms with Crippen LogP contribution >= 0.6 is 15.9 Å². The molecule has 0 bridgehead atoms. The molecule has 82 valence electrons. The van der Waals surface area contributed by atoms with E-state index < -0.39 is 0 Å². The molecule has 2 nitrogen and oxygen atoms in total. The fourth-order valence-electron chi connectivity index (χ4n) is 1.36. The highest BCUT2D eigenvalue weighted by atomic mass is 79.9. The molecule has 0 aliphatic rings. The molecular weight excluding hydrogens is 275 g/mol. The van der Waals surface area contributed by atoms with Crippen molar-refractivity contribution in [2.24, 2.45) is 0 Å². The number of ketones is 1. The highest BCUT2D eigenvalue weighted by molar-refractivity contribution is 9.10. The third-order valence-corrected chi connectivity index (χ3v) is 2.84. The fraction of sp³-hybridized carbons (Fsp3) is 0.0833. The molecule has 0 N–H and O–H groups in total. The van der Waals surface area contributed by atoms with E-state index in [9.17, 15) is 9.18 Å². The van der Waals surface area contributed by atoms with Crippen molar-refractivity contribution in [1.82, 2.24) is 0 Å². The van der Waals surface area contributed by atoms with E-state index in [4.69, 9.17) is 4.42 Å². The quantitative estimate of drug-likeness (QED) is 0.778. The van der Waals surface area contributed by atoms with E-state index in [0.29, 0.717) is 11.3 Å². The van der Waals surface area contributed by atoms with E-state index in [1.165, 1.54) is 19.1 Å². The first kappa shape index (κ1) is 11.1. The minimum atomic E-state index is -0.348. The Morgan fingerprint density at radius 1 is 1.31 bits per heavy atom. The molecule has 0 unspecified atom stereocenters. The lowest BCUT2D eigenvalue weighted by Crippen LogP contribution is -1.86. The molecule has 16 heavy (non-hydrogen) atoms. The number of furan rings is 1. The molecule has 2 aromatic rings. The summed E-state index contributed by atoms with van der Waals surface area (Å²) in [7, 11) is 0. The summed E-state index contributed by atoms with van der Waals surface area (Å²) < 4.78 is 19.1. The van der Waals surface area contributed by atoms with Gasteiger partial charge in [0.2, 0.25) is 0 Å². The Labute approximate surface area is 100 Å². The Kier molecular flexibility index (Phi) is 2.92. The lowest BCUT2D eigenvalue weighted by atomic mass is 10.2. The van der Waals surface area contributed by atoms with Crippen LogP contribution in [0.2, 0.25) is 0 Å². The zero-order valence-electron chi connectivity index (χ0n) is 8.46. The van der Waals surface area contributed by atoms with E-state index in [1.54, 1.807) is 18.2 Å². The average molecular weight is 283 g/mol. The van der Waals surface area contributed by atoms with Crippen molar-refractivity contribution in [3.8, 4) is 11.3 Å². The molecule has 0 fully saturated rings. The van der Waals surface area contributed by atoms with Gasteiger partial charge >= 0.3 is 0 Å². The van der Waals surface area contributed by atoms with Crippen LogP contribution in [-0.2, 0) is 0 Å². The van der Waals surface area contributed by atoms with E-state index in [1.807, 2.05) is 0 Å². The Bertz CT molecular complexity index is 546. The van der Waals surface area contributed by atoms with Crippen molar-refractivity contribution in [2.45, 2.75) is 6.92 Å². The first-order valence-electron chi connectivity index (χ1n) is 4.64. The number of carbonyl (C=O) groups is 1. The summed E-state index contributed by atoms with van der Waals surface area (Å²) in [6, 6.07) is 7.53. The molecule has 1 heterocycles. The molecule has 1 aromatic carbocycles. The van der Waals surface area contributed by atoms with Crippen LogP contribution in [0.5, 0.6) is 0 Å². The number of hydrogen-bond acceptors (Lipinski definition) is 2. The number of rotatable bonds is 2. The van der Waals surface area contributed by atoms with Crippen LogP contribution < -0.4 is 0 Å². The second-order valence-corrected chi connectivity index (χ2v) is 4.20. The molecule has 0 saturated carbocycles. The van der Waals surface area contributed by atoms with Crippen molar-refractivity contribution < 1.29 is 13.6 Å². The molecule has 0 amide bonds. The van der Waals surface area contributed by atoms with Gasteiger partial charge in [-0.05, 0) is 30.3 Å². The second-order valence-electron chi connectivity index (χ2n) is 3.34. The van der Waals surface area contributed by atoms with Gasteiger partial charge in [-0.2, -0.15) is 0 Å². The summed E-state index contributed by atoms with van der Waals surface area (Å²) in [5, 5.41) is 0. The van der Waals surface area contributed by atoms with Gasteiger partial charge in [-0.25, -0.2) is 4.39 Å². The minimum Gasteiger partial charge on any atom is -0.453 e. The standard InChI is InChI=1S/C12H8BrFO2/c1-7(15)11-4-5-12(16-11)9-6-8(14)2-3-10(9)13/h2-6H,1H3. The largest absolute Gasteiger partial charge is 0.453 e. The summed E-state index contributed by atoms with van der Waals surface area (Å²) in [6.07, 6.45) is 0. The number of halogens is 2. The normalized spacial score (nSPS) is 10.4. The van der Waals surface area contributed by atoms with Gasteiger partial charge in [-0.15, -0.1) is 0 Å². The van der Waals surface area contributed by atoms with E-state index in [2.05, 4.69) is 15.9 Å². The van der Waals surface area contributed by atoms with Crippen LogP contribution in [0.25, 0.3) is 11.3 Å². The molecule has 4 heteroatoms. The molecule has 0 spiro atoms. The van der Waals surface area contributed by atoms with Crippen LogP contribution in [0.1, 0.15) is 17.5 Å². The minimum absolute atomic E-state index is 0.154. The van der Waals surface area contributed by atoms with Crippen molar-refractivity contribution in [3.63, 3.8) is 0 Å². The molecule has 2 rings (SSSR count). The van der Waals surface area contributed by atoms with Gasteiger partial charge in [0.05, 0.1) is 0 Å². The maximum Gasteiger partial charge on any atom is 0.194 e.